The molecule has 0 saturated carbocycles. The lowest BCUT2D eigenvalue weighted by Gasteiger charge is -2.12. The third-order valence-electron chi connectivity index (χ3n) is 3.80. The Kier molecular flexibility index (Phi) is 6.18. The highest BCUT2D eigenvalue weighted by Crippen LogP contribution is 2.31. The average molecular weight is 392 g/mol. The van der Waals surface area contributed by atoms with E-state index in [1.54, 1.807) is 17.4 Å². The van der Waals surface area contributed by atoms with E-state index >= 15 is 0 Å². The fourth-order valence-corrected chi connectivity index (χ4v) is 3.60. The number of hydrogen-bond donors (Lipinski definition) is 1. The van der Waals surface area contributed by atoms with Crippen LogP contribution in [0.5, 0.6) is 11.5 Å². The minimum absolute atomic E-state index is 0.125. The standard InChI is InChI=1S/C19H18F2N2O3S/c1-25-14-10-9-12(11-15(14)26-19(20)21)22-17(24)7-4-8-18-23-13-5-2-3-6-16(13)27-18/h2-3,5-6,9-11,19H,4,7-8H2,1H3,(H,22,24). The van der Waals surface area contributed by atoms with Crippen molar-refractivity contribution in [3.05, 3.63) is 47.5 Å². The molecule has 0 bridgehead atoms. The number of alkyl halides is 2. The predicted molar refractivity (Wildman–Crippen MR) is 101 cm³/mol. The zero-order valence-corrected chi connectivity index (χ0v) is 15.4. The molecule has 0 aliphatic heterocycles. The number of nitrogens with zero attached hydrogens (tertiary/aromatic N) is 1. The van der Waals surface area contributed by atoms with Crippen molar-refractivity contribution in [1.29, 1.82) is 0 Å². The van der Waals surface area contributed by atoms with E-state index in [1.807, 2.05) is 24.3 Å². The van der Waals surface area contributed by atoms with Crippen molar-refractivity contribution in [3.63, 3.8) is 0 Å². The van der Waals surface area contributed by atoms with Crippen LogP contribution in [0.25, 0.3) is 10.2 Å². The van der Waals surface area contributed by atoms with E-state index in [-0.39, 0.29) is 17.4 Å². The largest absolute Gasteiger partial charge is 0.493 e. The monoisotopic (exact) mass is 392 g/mol. The Hall–Kier alpha value is -2.74. The van der Waals surface area contributed by atoms with E-state index in [2.05, 4.69) is 15.0 Å². The molecular weight excluding hydrogens is 374 g/mol. The van der Waals surface area contributed by atoms with Crippen LogP contribution in [0.1, 0.15) is 17.8 Å². The summed E-state index contributed by atoms with van der Waals surface area (Å²) in [7, 11) is 1.36. The van der Waals surface area contributed by atoms with Crippen LogP contribution in [-0.4, -0.2) is 24.6 Å². The van der Waals surface area contributed by atoms with Crippen molar-refractivity contribution in [1.82, 2.24) is 4.98 Å². The zero-order chi connectivity index (χ0) is 19.2. The number of methoxy groups -OCH3 is 1. The molecule has 5 nitrogen and oxygen atoms in total. The molecule has 2 aromatic carbocycles. The van der Waals surface area contributed by atoms with E-state index < -0.39 is 6.61 Å². The summed E-state index contributed by atoms with van der Waals surface area (Å²) in [4.78, 5) is 16.7. The van der Waals surface area contributed by atoms with Gasteiger partial charge in [-0.25, -0.2) is 4.98 Å². The van der Waals surface area contributed by atoms with Crippen LogP contribution >= 0.6 is 11.3 Å². The quantitative estimate of drug-likeness (QED) is 0.594. The Morgan fingerprint density at radius 3 is 2.78 bits per heavy atom. The summed E-state index contributed by atoms with van der Waals surface area (Å²) in [5.74, 6) is -0.159. The van der Waals surface area contributed by atoms with E-state index in [9.17, 15) is 13.6 Å². The van der Waals surface area contributed by atoms with Crippen LogP contribution in [-0.2, 0) is 11.2 Å². The molecule has 0 atom stereocenters. The minimum atomic E-state index is -2.97. The highest BCUT2D eigenvalue weighted by molar-refractivity contribution is 7.18. The number of amides is 1. The third-order valence-corrected chi connectivity index (χ3v) is 4.89. The molecule has 1 heterocycles. The van der Waals surface area contributed by atoms with Crippen LogP contribution in [0.3, 0.4) is 0 Å². The summed E-state index contributed by atoms with van der Waals surface area (Å²) >= 11 is 1.62. The second-order valence-electron chi connectivity index (χ2n) is 5.72. The van der Waals surface area contributed by atoms with Gasteiger partial charge in [-0.2, -0.15) is 8.78 Å². The fourth-order valence-electron chi connectivity index (χ4n) is 2.59. The number of nitrogens with one attached hydrogen (secondary N) is 1. The topological polar surface area (TPSA) is 60.5 Å². The van der Waals surface area contributed by atoms with Gasteiger partial charge in [-0.3, -0.25) is 4.79 Å². The Labute approximate surface area is 158 Å². The molecule has 0 radical (unpaired) electrons. The molecule has 142 valence electrons. The molecule has 0 fully saturated rings. The Morgan fingerprint density at radius 2 is 2.04 bits per heavy atom. The Morgan fingerprint density at radius 1 is 1.22 bits per heavy atom. The first-order valence-corrected chi connectivity index (χ1v) is 9.14. The number of hydrogen-bond acceptors (Lipinski definition) is 5. The first-order valence-electron chi connectivity index (χ1n) is 8.32. The highest BCUT2D eigenvalue weighted by atomic mass is 32.1. The van der Waals surface area contributed by atoms with Crippen LogP contribution in [0.15, 0.2) is 42.5 Å². The van der Waals surface area contributed by atoms with Crippen molar-refractivity contribution in [2.45, 2.75) is 25.9 Å². The molecule has 8 heteroatoms. The van der Waals surface area contributed by atoms with E-state index in [0.717, 1.165) is 15.2 Å². The first kappa shape index (κ1) is 19.0. The van der Waals surface area contributed by atoms with Gasteiger partial charge in [-0.1, -0.05) is 12.1 Å². The smallest absolute Gasteiger partial charge is 0.387 e. The predicted octanol–water partition coefficient (Wildman–Crippen LogP) is 4.87. The number of fused-ring (bicyclic) bond motifs is 1. The molecule has 27 heavy (non-hydrogen) atoms. The molecule has 0 unspecified atom stereocenters. The number of benzene rings is 2. The number of carbonyl (C=O) groups is 1. The number of aryl methyl sites for hydroxylation is 1. The summed E-state index contributed by atoms with van der Waals surface area (Å²) in [6.45, 7) is -2.97. The maximum absolute atomic E-state index is 12.5. The molecule has 3 aromatic rings. The van der Waals surface area contributed by atoms with Crippen molar-refractivity contribution in [3.8, 4) is 11.5 Å². The molecule has 0 saturated heterocycles. The van der Waals surface area contributed by atoms with E-state index in [1.165, 1.54) is 19.2 Å². The van der Waals surface area contributed by atoms with Crippen molar-refractivity contribution in [2.75, 3.05) is 12.4 Å². The normalized spacial score (nSPS) is 11.0. The number of rotatable bonds is 8. The minimum Gasteiger partial charge on any atom is -0.493 e. The van der Waals surface area contributed by atoms with Gasteiger partial charge in [0, 0.05) is 18.2 Å². The maximum Gasteiger partial charge on any atom is 0.387 e. The van der Waals surface area contributed by atoms with Crippen LogP contribution < -0.4 is 14.8 Å². The van der Waals surface area contributed by atoms with Crippen LogP contribution in [0.2, 0.25) is 0 Å². The van der Waals surface area contributed by atoms with Gasteiger partial charge in [-0.15, -0.1) is 11.3 Å². The van der Waals surface area contributed by atoms with Crippen LogP contribution in [0.4, 0.5) is 14.5 Å². The molecule has 1 aromatic heterocycles. The van der Waals surface area contributed by atoms with Gasteiger partial charge in [0.2, 0.25) is 5.91 Å². The molecule has 1 amide bonds. The van der Waals surface area contributed by atoms with Gasteiger partial charge in [-0.05, 0) is 37.1 Å². The van der Waals surface area contributed by atoms with Gasteiger partial charge in [0.1, 0.15) is 0 Å². The van der Waals surface area contributed by atoms with Gasteiger partial charge >= 0.3 is 6.61 Å². The number of para-hydroxylation sites is 1. The summed E-state index contributed by atoms with van der Waals surface area (Å²) in [6, 6.07) is 12.3. The molecule has 1 N–H and O–H groups in total. The van der Waals surface area contributed by atoms with Crippen molar-refractivity contribution < 1.29 is 23.0 Å². The van der Waals surface area contributed by atoms with Crippen LogP contribution in [0, 0.1) is 0 Å². The van der Waals surface area contributed by atoms with Gasteiger partial charge in [0.15, 0.2) is 11.5 Å². The number of carbonyl (C=O) groups excluding carboxylic acids is 1. The number of anilines is 1. The highest BCUT2D eigenvalue weighted by Gasteiger charge is 2.13. The second kappa shape index (κ2) is 8.77. The summed E-state index contributed by atoms with van der Waals surface area (Å²) in [6.07, 6.45) is 1.64. The fraction of sp³-hybridized carbons (Fsp3) is 0.263. The number of aromatic nitrogens is 1. The van der Waals surface area contributed by atoms with Gasteiger partial charge < -0.3 is 14.8 Å². The Bertz CT molecular complexity index is 897. The molecule has 3 rings (SSSR count). The molecule has 0 spiro atoms. The van der Waals surface area contributed by atoms with E-state index in [0.29, 0.717) is 24.9 Å². The van der Waals surface area contributed by atoms with Gasteiger partial charge in [0.25, 0.3) is 0 Å². The van der Waals surface area contributed by atoms with Crippen molar-refractivity contribution >= 4 is 33.1 Å². The first-order chi connectivity index (χ1) is 13.0. The lowest BCUT2D eigenvalue weighted by atomic mass is 10.2. The zero-order valence-electron chi connectivity index (χ0n) is 14.6. The molecule has 0 aliphatic rings. The Balaban J connectivity index is 1.54. The maximum atomic E-state index is 12.5. The number of thiazole rings is 1. The molecular formula is C19H18F2N2O3S. The third kappa shape index (κ3) is 5.13. The van der Waals surface area contributed by atoms with Crippen molar-refractivity contribution in [2.24, 2.45) is 0 Å². The van der Waals surface area contributed by atoms with E-state index in [4.69, 9.17) is 4.74 Å². The summed E-state index contributed by atoms with van der Waals surface area (Å²) in [5.41, 5.74) is 1.34. The summed E-state index contributed by atoms with van der Waals surface area (Å²) in [5, 5.41) is 3.67. The molecule has 0 aliphatic carbocycles. The lowest BCUT2D eigenvalue weighted by molar-refractivity contribution is -0.116. The number of halogens is 2. The SMILES string of the molecule is COc1ccc(NC(=O)CCCc2nc3ccccc3s2)cc1OC(F)F. The lowest BCUT2D eigenvalue weighted by Crippen LogP contribution is -2.12. The second-order valence-corrected chi connectivity index (χ2v) is 6.84. The average Bonchev–Trinajstić information content (AvgIpc) is 3.04. The summed E-state index contributed by atoms with van der Waals surface area (Å²) < 4.78 is 35.4. The van der Waals surface area contributed by atoms with Gasteiger partial charge in [0.05, 0.1) is 22.3 Å². The number of ether oxygens (including phenoxy) is 2.